The number of carbonyl (C=O) groups excluding carboxylic acids is 2. The molecular weight excluding hydrogens is 480 g/mol. The summed E-state index contributed by atoms with van der Waals surface area (Å²) in [4.78, 5) is 27.2. The monoisotopic (exact) mass is 516 g/mol. The van der Waals surface area contributed by atoms with Crippen molar-refractivity contribution in [3.63, 3.8) is 0 Å². The first-order chi connectivity index (χ1) is 18.1. The number of anilines is 1. The molecule has 0 saturated carbocycles. The van der Waals surface area contributed by atoms with E-state index < -0.39 is 23.5 Å². The number of piperidine rings is 1. The lowest BCUT2D eigenvalue weighted by atomic mass is 9.84. The number of nitrogens with zero attached hydrogens (tertiary/aromatic N) is 3. The lowest BCUT2D eigenvalue weighted by Crippen LogP contribution is -2.41. The smallest absolute Gasteiger partial charge is 0.410 e. The topological polar surface area (TPSA) is 96.7 Å². The van der Waals surface area contributed by atoms with E-state index in [1.807, 2.05) is 68.8 Å². The van der Waals surface area contributed by atoms with E-state index in [-0.39, 0.29) is 18.1 Å². The predicted molar refractivity (Wildman–Crippen MR) is 145 cm³/mol. The summed E-state index contributed by atoms with van der Waals surface area (Å²) < 4.78 is 7.48. The molecule has 0 aliphatic carbocycles. The number of ether oxygens (including phenoxy) is 1. The van der Waals surface area contributed by atoms with Crippen LogP contribution in [0.5, 0.6) is 0 Å². The molecule has 0 radical (unpaired) electrons. The molecule has 2 amide bonds. The number of carbonyl (C=O) groups is 2. The third kappa shape index (κ3) is 5.05. The first kappa shape index (κ1) is 26.0. The normalized spacial score (nSPS) is 20.3. The lowest BCUT2D eigenvalue weighted by molar-refractivity contribution is -0.125. The number of aliphatic hydroxyl groups is 1. The maximum atomic E-state index is 12.8. The van der Waals surface area contributed by atoms with Gasteiger partial charge in [-0.15, -0.1) is 0 Å². The summed E-state index contributed by atoms with van der Waals surface area (Å²) in [6.45, 7) is 8.61. The van der Waals surface area contributed by atoms with Gasteiger partial charge in [0.15, 0.2) is 0 Å². The highest BCUT2D eigenvalue weighted by molar-refractivity contribution is 5.97. The molecular formula is C30H36N4O4. The molecule has 0 bridgehead atoms. The Hall–Kier alpha value is -3.65. The number of nitrogens with one attached hydrogen (secondary N) is 1. The maximum absolute atomic E-state index is 12.8. The van der Waals surface area contributed by atoms with E-state index >= 15 is 0 Å². The van der Waals surface area contributed by atoms with E-state index in [9.17, 15) is 14.7 Å². The Bertz CT molecular complexity index is 1250. The highest BCUT2D eigenvalue weighted by Gasteiger charge is 2.41. The summed E-state index contributed by atoms with van der Waals surface area (Å²) in [5.41, 5.74) is 3.31. The van der Waals surface area contributed by atoms with Crippen LogP contribution in [0.2, 0.25) is 0 Å². The SMILES string of the molecule is C[C@H]1c2c(C3CCN(C(=O)OC(C)(C)C)CC3)nn(C(c3ccccc3)c3ccccc3)c2NC(=O)[C@@H]1O. The molecule has 2 aliphatic heterocycles. The zero-order valence-corrected chi connectivity index (χ0v) is 22.4. The van der Waals surface area contributed by atoms with Gasteiger partial charge in [-0.3, -0.25) is 4.79 Å². The van der Waals surface area contributed by atoms with Crippen molar-refractivity contribution in [2.75, 3.05) is 18.4 Å². The number of hydrogen-bond acceptors (Lipinski definition) is 5. The van der Waals surface area contributed by atoms with Crippen LogP contribution < -0.4 is 5.32 Å². The van der Waals surface area contributed by atoms with Crippen LogP contribution in [-0.2, 0) is 9.53 Å². The molecule has 1 saturated heterocycles. The highest BCUT2D eigenvalue weighted by Crippen LogP contribution is 2.43. The summed E-state index contributed by atoms with van der Waals surface area (Å²) >= 11 is 0. The second-order valence-electron chi connectivity index (χ2n) is 11.3. The molecule has 1 aromatic heterocycles. The van der Waals surface area contributed by atoms with Gasteiger partial charge in [0, 0.05) is 30.5 Å². The van der Waals surface area contributed by atoms with Gasteiger partial charge >= 0.3 is 6.09 Å². The van der Waals surface area contributed by atoms with Crippen LogP contribution in [0.4, 0.5) is 10.6 Å². The lowest BCUT2D eigenvalue weighted by Gasteiger charge is -2.34. The van der Waals surface area contributed by atoms with E-state index in [0.717, 1.165) is 35.2 Å². The molecule has 2 atom stereocenters. The van der Waals surface area contributed by atoms with Crippen LogP contribution in [0, 0.1) is 0 Å². The van der Waals surface area contributed by atoms with Crippen LogP contribution in [-0.4, -0.2) is 56.6 Å². The van der Waals surface area contributed by atoms with Crippen molar-refractivity contribution in [1.29, 1.82) is 0 Å². The van der Waals surface area contributed by atoms with Crippen molar-refractivity contribution in [2.45, 2.75) is 70.1 Å². The fourth-order valence-corrected chi connectivity index (χ4v) is 5.51. The predicted octanol–water partition coefficient (Wildman–Crippen LogP) is 5.05. The molecule has 0 spiro atoms. The third-order valence-corrected chi connectivity index (χ3v) is 7.42. The van der Waals surface area contributed by atoms with E-state index in [4.69, 9.17) is 9.84 Å². The van der Waals surface area contributed by atoms with E-state index in [1.165, 1.54) is 0 Å². The molecule has 38 heavy (non-hydrogen) atoms. The molecule has 0 unspecified atom stereocenters. The van der Waals surface area contributed by atoms with Crippen LogP contribution in [0.25, 0.3) is 0 Å². The number of fused-ring (bicyclic) bond motifs is 1. The summed E-state index contributed by atoms with van der Waals surface area (Å²) in [5.74, 6) is -0.105. The van der Waals surface area contributed by atoms with Gasteiger partial charge in [0.2, 0.25) is 0 Å². The second-order valence-corrected chi connectivity index (χ2v) is 11.3. The highest BCUT2D eigenvalue weighted by atomic mass is 16.6. The van der Waals surface area contributed by atoms with Crippen molar-refractivity contribution in [2.24, 2.45) is 0 Å². The fraction of sp³-hybridized carbons (Fsp3) is 0.433. The quantitative estimate of drug-likeness (QED) is 0.506. The molecule has 8 heteroatoms. The average Bonchev–Trinajstić information content (AvgIpc) is 3.26. The number of aliphatic hydroxyl groups excluding tert-OH is 1. The molecule has 8 nitrogen and oxygen atoms in total. The third-order valence-electron chi connectivity index (χ3n) is 7.42. The van der Waals surface area contributed by atoms with Gasteiger partial charge in [0.25, 0.3) is 5.91 Å². The van der Waals surface area contributed by atoms with E-state index in [2.05, 4.69) is 29.6 Å². The van der Waals surface area contributed by atoms with E-state index in [1.54, 1.807) is 4.90 Å². The molecule has 3 aromatic rings. The first-order valence-corrected chi connectivity index (χ1v) is 13.3. The minimum absolute atomic E-state index is 0.0838. The maximum Gasteiger partial charge on any atom is 0.410 e. The molecule has 2 aromatic carbocycles. The Kier molecular flexibility index (Phi) is 7.01. The van der Waals surface area contributed by atoms with E-state index in [0.29, 0.717) is 18.9 Å². The van der Waals surface area contributed by atoms with Gasteiger partial charge in [0.05, 0.1) is 5.69 Å². The molecule has 5 rings (SSSR count). The minimum Gasteiger partial charge on any atom is -0.444 e. The van der Waals surface area contributed by atoms with Crippen LogP contribution in [0.3, 0.4) is 0 Å². The zero-order chi connectivity index (χ0) is 27.0. The van der Waals surface area contributed by atoms with Gasteiger partial charge in [-0.25, -0.2) is 9.48 Å². The van der Waals surface area contributed by atoms with Gasteiger partial charge in [-0.1, -0.05) is 67.6 Å². The Morgan fingerprint density at radius 1 is 1.03 bits per heavy atom. The van der Waals surface area contributed by atoms with Crippen LogP contribution in [0.15, 0.2) is 60.7 Å². The number of hydrogen-bond donors (Lipinski definition) is 2. The number of amides is 2. The number of benzene rings is 2. The second kappa shape index (κ2) is 10.3. The summed E-state index contributed by atoms with van der Waals surface area (Å²) in [5, 5.41) is 18.8. The van der Waals surface area contributed by atoms with Crippen molar-refractivity contribution in [3.05, 3.63) is 83.0 Å². The van der Waals surface area contributed by atoms with Gasteiger partial charge < -0.3 is 20.1 Å². The largest absolute Gasteiger partial charge is 0.444 e. The van der Waals surface area contributed by atoms with Gasteiger partial charge in [-0.05, 0) is 44.7 Å². The Balaban J connectivity index is 1.54. The van der Waals surface area contributed by atoms with Crippen LogP contribution in [0.1, 0.15) is 80.8 Å². The first-order valence-electron chi connectivity index (χ1n) is 13.3. The van der Waals surface area contributed by atoms with Crippen molar-refractivity contribution in [1.82, 2.24) is 14.7 Å². The zero-order valence-electron chi connectivity index (χ0n) is 22.4. The Morgan fingerprint density at radius 2 is 1.58 bits per heavy atom. The van der Waals surface area contributed by atoms with Gasteiger partial charge in [-0.2, -0.15) is 5.10 Å². The van der Waals surface area contributed by atoms with Crippen molar-refractivity contribution in [3.8, 4) is 0 Å². The van der Waals surface area contributed by atoms with Gasteiger partial charge in [0.1, 0.15) is 23.6 Å². The summed E-state index contributed by atoms with van der Waals surface area (Å²) in [6, 6.07) is 20.0. The van der Waals surface area contributed by atoms with Crippen LogP contribution >= 0.6 is 0 Å². The molecule has 1 fully saturated rings. The molecule has 2 N–H and O–H groups in total. The molecule has 3 heterocycles. The molecule has 2 aliphatic rings. The average molecular weight is 517 g/mol. The molecule has 200 valence electrons. The number of likely N-dealkylation sites (tertiary alicyclic amines) is 1. The Morgan fingerprint density at radius 3 is 2.11 bits per heavy atom. The number of aromatic nitrogens is 2. The fourth-order valence-electron chi connectivity index (χ4n) is 5.51. The summed E-state index contributed by atoms with van der Waals surface area (Å²) in [6.07, 6.45) is 0.00199. The summed E-state index contributed by atoms with van der Waals surface area (Å²) in [7, 11) is 0. The minimum atomic E-state index is -1.15. The van der Waals surface area contributed by atoms with Crippen molar-refractivity contribution < 1.29 is 19.4 Å². The standard InChI is InChI=1S/C30H36N4O4/c1-19-23-24(20-15-17-33(18-16-20)29(37)38-30(2,3)4)32-34(27(23)31-28(36)26(19)35)25(21-11-7-5-8-12-21)22-13-9-6-10-14-22/h5-14,19-20,25-26,35H,15-18H2,1-4H3,(H,31,36)/t19-,26+/m0/s1. The number of rotatable bonds is 4. The Labute approximate surface area is 223 Å². The van der Waals surface area contributed by atoms with Crippen molar-refractivity contribution >= 4 is 17.8 Å².